The van der Waals surface area contributed by atoms with Crippen molar-refractivity contribution in [1.82, 2.24) is 5.32 Å². The molecule has 1 rings (SSSR count). The first-order valence-corrected chi connectivity index (χ1v) is 10.4. The van der Waals surface area contributed by atoms with Gasteiger partial charge in [0.05, 0.1) is 20.6 Å². The largest absolute Gasteiger partial charge is 0.317 e. The van der Waals surface area contributed by atoms with Crippen LogP contribution < -0.4 is 5.32 Å². The molecule has 0 bridgehead atoms. The predicted octanol–water partition coefficient (Wildman–Crippen LogP) is 4.57. The zero-order valence-corrected chi connectivity index (χ0v) is 16.9. The molecule has 0 atom stereocenters. The molecule has 0 aromatic rings. The van der Waals surface area contributed by atoms with Crippen LogP contribution in [0.3, 0.4) is 0 Å². The lowest BCUT2D eigenvalue weighted by atomic mass is 10.1. The van der Waals surface area contributed by atoms with E-state index >= 15 is 0 Å². The zero-order chi connectivity index (χ0) is 17.5. The molecule has 0 aromatic heterocycles. The molecule has 133 valence electrons. The van der Waals surface area contributed by atoms with E-state index in [1.165, 1.54) is 70.0 Å². The van der Waals surface area contributed by atoms with Crippen molar-refractivity contribution in [3.63, 3.8) is 0 Å². The third kappa shape index (κ3) is 11.7. The number of hydrogen-bond donors (Lipinski definition) is 1. The SMILES string of the molecule is C[N+](C)(C=C1C=CC=C[CH+]1)CCCCCCCCCNCCC[Si]. The standard InChI is InChI=1S/C21H37N2Si/c1-23(2,20-21-14-9-8-10-15-21)18-12-7-5-3-4-6-11-16-22-17-13-19-24/h8-10,14-15,20,22H,3-7,11-13,16-19H2,1-2H3/q+2. The molecule has 3 heteroatoms. The molecule has 3 radical (unpaired) electrons. The summed E-state index contributed by atoms with van der Waals surface area (Å²) in [6.07, 6.45) is 23.9. The summed E-state index contributed by atoms with van der Waals surface area (Å²) < 4.78 is 0.976. The lowest BCUT2D eigenvalue weighted by Gasteiger charge is -2.22. The number of hydrogen-bond acceptors (Lipinski definition) is 1. The smallest absolute Gasteiger partial charge is 0.177 e. The summed E-state index contributed by atoms with van der Waals surface area (Å²) in [6, 6.07) is 1.10. The van der Waals surface area contributed by atoms with Gasteiger partial charge >= 0.3 is 0 Å². The average molecular weight is 346 g/mol. The van der Waals surface area contributed by atoms with Gasteiger partial charge in [0, 0.05) is 41.0 Å². The Labute approximate surface area is 154 Å². The molecule has 1 aliphatic carbocycles. The molecule has 0 unspecified atom stereocenters. The summed E-state index contributed by atoms with van der Waals surface area (Å²) in [5.41, 5.74) is 1.33. The van der Waals surface area contributed by atoms with Crippen LogP contribution in [0.5, 0.6) is 0 Å². The summed E-state index contributed by atoms with van der Waals surface area (Å²) in [7, 11) is 8.11. The first kappa shape index (κ1) is 21.3. The van der Waals surface area contributed by atoms with Crippen molar-refractivity contribution >= 4 is 10.2 Å². The molecule has 0 saturated heterocycles. The molecule has 1 aliphatic rings. The predicted molar refractivity (Wildman–Crippen MR) is 108 cm³/mol. The summed E-state index contributed by atoms with van der Waals surface area (Å²) in [5, 5.41) is 3.50. The van der Waals surface area contributed by atoms with E-state index in [2.05, 4.69) is 66.6 Å². The van der Waals surface area contributed by atoms with Gasteiger partial charge in [-0.2, -0.15) is 0 Å². The van der Waals surface area contributed by atoms with E-state index in [0.29, 0.717) is 0 Å². The van der Waals surface area contributed by atoms with Crippen LogP contribution in [0, 0.1) is 6.42 Å². The lowest BCUT2D eigenvalue weighted by Crippen LogP contribution is -2.34. The van der Waals surface area contributed by atoms with Crippen LogP contribution in [-0.4, -0.2) is 48.5 Å². The van der Waals surface area contributed by atoms with E-state index in [1.54, 1.807) is 0 Å². The fourth-order valence-corrected chi connectivity index (χ4v) is 3.18. The lowest BCUT2D eigenvalue weighted by molar-refractivity contribution is -0.839. The van der Waals surface area contributed by atoms with Gasteiger partial charge in [0.2, 0.25) is 0 Å². The Hall–Kier alpha value is -0.773. The Morgan fingerprint density at radius 1 is 0.958 bits per heavy atom. The first-order chi connectivity index (χ1) is 11.6. The van der Waals surface area contributed by atoms with Gasteiger partial charge in [-0.25, -0.2) is 0 Å². The maximum absolute atomic E-state index is 3.50. The molecule has 1 N–H and O–H groups in total. The number of quaternary nitrogens is 1. The molecular weight excluding hydrogens is 308 g/mol. The van der Waals surface area contributed by atoms with Gasteiger partial charge in [-0.15, -0.1) is 0 Å². The van der Waals surface area contributed by atoms with Crippen LogP contribution in [-0.2, 0) is 0 Å². The molecule has 0 amide bonds. The van der Waals surface area contributed by atoms with Crippen LogP contribution in [0.1, 0.15) is 51.4 Å². The highest BCUT2D eigenvalue weighted by atomic mass is 28.1. The average Bonchev–Trinajstić information content (AvgIpc) is 2.56. The Bertz CT molecular complexity index is 397. The number of rotatable bonds is 14. The summed E-state index contributed by atoms with van der Waals surface area (Å²) in [4.78, 5) is 0. The van der Waals surface area contributed by atoms with Crippen molar-refractivity contribution in [3.05, 3.63) is 42.5 Å². The Morgan fingerprint density at radius 3 is 2.29 bits per heavy atom. The van der Waals surface area contributed by atoms with Crippen LogP contribution >= 0.6 is 0 Å². The number of unbranched alkanes of at least 4 members (excludes halogenated alkanes) is 6. The monoisotopic (exact) mass is 345 g/mol. The third-order valence-electron chi connectivity index (χ3n) is 4.42. The molecule has 0 aromatic carbocycles. The second-order valence-corrected chi connectivity index (χ2v) is 7.87. The highest BCUT2D eigenvalue weighted by Crippen LogP contribution is 2.15. The minimum absolute atomic E-state index is 0.976. The van der Waals surface area contributed by atoms with Crippen molar-refractivity contribution in [2.45, 2.75) is 57.4 Å². The first-order valence-electron chi connectivity index (χ1n) is 9.73. The van der Waals surface area contributed by atoms with Gasteiger partial charge in [0.25, 0.3) is 0 Å². The van der Waals surface area contributed by atoms with Crippen molar-refractivity contribution in [3.8, 4) is 0 Å². The van der Waals surface area contributed by atoms with Crippen LogP contribution in [0.2, 0.25) is 6.04 Å². The molecule has 2 nitrogen and oxygen atoms in total. The highest BCUT2D eigenvalue weighted by Gasteiger charge is 2.17. The maximum atomic E-state index is 3.50. The van der Waals surface area contributed by atoms with Gasteiger partial charge in [-0.3, -0.25) is 4.48 Å². The minimum Gasteiger partial charge on any atom is -0.317 e. The van der Waals surface area contributed by atoms with Crippen molar-refractivity contribution in [2.24, 2.45) is 0 Å². The topological polar surface area (TPSA) is 12.0 Å². The summed E-state index contributed by atoms with van der Waals surface area (Å²) in [6.45, 7) is 3.57. The van der Waals surface area contributed by atoms with Gasteiger partial charge in [-0.1, -0.05) is 31.7 Å². The van der Waals surface area contributed by atoms with Crippen LogP contribution in [0.25, 0.3) is 0 Å². The maximum Gasteiger partial charge on any atom is 0.177 e. The summed E-state index contributed by atoms with van der Waals surface area (Å²) in [5.74, 6) is 0. The summed E-state index contributed by atoms with van der Waals surface area (Å²) >= 11 is 0. The quantitative estimate of drug-likeness (QED) is 0.210. The molecule has 0 heterocycles. The molecule has 24 heavy (non-hydrogen) atoms. The Kier molecular flexibility index (Phi) is 12.0. The molecule has 0 saturated carbocycles. The van der Waals surface area contributed by atoms with Crippen LogP contribution in [0.15, 0.2) is 36.1 Å². The minimum atomic E-state index is 0.976. The normalized spacial score (nSPS) is 15.9. The van der Waals surface area contributed by atoms with Crippen molar-refractivity contribution in [1.29, 1.82) is 0 Å². The molecule has 0 fully saturated rings. The second-order valence-electron chi connectivity index (χ2n) is 7.37. The fourth-order valence-electron chi connectivity index (χ4n) is 3.00. The van der Waals surface area contributed by atoms with Gasteiger partial charge in [0.1, 0.15) is 5.57 Å². The van der Waals surface area contributed by atoms with Crippen LogP contribution in [0.4, 0.5) is 0 Å². The van der Waals surface area contributed by atoms with E-state index in [0.717, 1.165) is 17.1 Å². The Balaban J connectivity index is 1.94. The van der Waals surface area contributed by atoms with E-state index in [9.17, 15) is 0 Å². The van der Waals surface area contributed by atoms with Gasteiger partial charge in [0.15, 0.2) is 6.20 Å². The van der Waals surface area contributed by atoms with Gasteiger partial charge in [-0.05, 0) is 38.8 Å². The third-order valence-corrected chi connectivity index (χ3v) is 4.77. The van der Waals surface area contributed by atoms with E-state index in [4.69, 9.17) is 0 Å². The number of nitrogens with one attached hydrogen (secondary N) is 1. The highest BCUT2D eigenvalue weighted by molar-refractivity contribution is 6.08. The zero-order valence-electron chi connectivity index (χ0n) is 15.9. The number of allylic oxidation sites excluding steroid dienone is 5. The van der Waals surface area contributed by atoms with Gasteiger partial charge < -0.3 is 5.32 Å². The molecule has 0 aliphatic heterocycles. The number of nitrogens with zero attached hydrogens (tertiary/aromatic N) is 1. The van der Waals surface area contributed by atoms with Crippen molar-refractivity contribution in [2.75, 3.05) is 33.7 Å². The molecular formula is C21H37N2Si+2. The molecule has 0 spiro atoms. The van der Waals surface area contributed by atoms with E-state index in [1.807, 2.05) is 0 Å². The van der Waals surface area contributed by atoms with E-state index < -0.39 is 0 Å². The van der Waals surface area contributed by atoms with E-state index in [-0.39, 0.29) is 0 Å². The fraction of sp³-hybridized carbons (Fsp3) is 0.667. The second kappa shape index (κ2) is 13.5. The van der Waals surface area contributed by atoms with Crippen molar-refractivity contribution < 1.29 is 4.48 Å². The Morgan fingerprint density at radius 2 is 1.62 bits per heavy atom.